The second kappa shape index (κ2) is 6.03. The molecule has 0 radical (unpaired) electrons. The molecule has 7 heteroatoms. The Kier molecular flexibility index (Phi) is 4.53. The van der Waals surface area contributed by atoms with Crippen LogP contribution < -0.4 is 0 Å². The van der Waals surface area contributed by atoms with E-state index in [4.69, 9.17) is 9.84 Å². The number of carboxylic acids is 1. The Labute approximate surface area is 120 Å². The number of aliphatic carboxylic acids is 1. The summed E-state index contributed by atoms with van der Waals surface area (Å²) in [5, 5.41) is 8.96. The molecule has 2 rings (SSSR count). The van der Waals surface area contributed by atoms with E-state index in [1.165, 1.54) is 6.07 Å². The molecule has 0 amide bonds. The number of carboxylic acid groups (broad SMARTS) is 1. The third-order valence-electron chi connectivity index (χ3n) is 3.62. The molecule has 116 valence electrons. The largest absolute Gasteiger partial charge is 0.479 e. The zero-order valence-electron chi connectivity index (χ0n) is 11.4. The van der Waals surface area contributed by atoms with Gasteiger partial charge in [-0.05, 0) is 24.6 Å². The SMILES string of the molecule is CC(c1cccc(C(F)(F)F)c1)N1CCOC(C(=O)O)C1. The molecule has 4 nitrogen and oxygen atoms in total. The Morgan fingerprint density at radius 3 is 2.81 bits per heavy atom. The van der Waals surface area contributed by atoms with E-state index in [2.05, 4.69) is 0 Å². The maximum Gasteiger partial charge on any atom is 0.416 e. The fraction of sp³-hybridized carbons (Fsp3) is 0.500. The van der Waals surface area contributed by atoms with Gasteiger partial charge in [-0.25, -0.2) is 4.79 Å². The number of alkyl halides is 3. The summed E-state index contributed by atoms with van der Waals surface area (Å²) < 4.78 is 43.3. The quantitative estimate of drug-likeness (QED) is 0.932. The highest BCUT2D eigenvalue weighted by atomic mass is 19.4. The zero-order valence-corrected chi connectivity index (χ0v) is 11.4. The number of ether oxygens (including phenoxy) is 1. The molecule has 0 aromatic heterocycles. The predicted molar refractivity (Wildman–Crippen MR) is 68.8 cm³/mol. The topological polar surface area (TPSA) is 49.8 Å². The first-order valence-electron chi connectivity index (χ1n) is 6.54. The van der Waals surface area contributed by atoms with Crippen LogP contribution in [-0.2, 0) is 15.7 Å². The number of halogens is 3. The Bertz CT molecular complexity index is 518. The van der Waals surface area contributed by atoms with E-state index in [1.807, 2.05) is 4.90 Å². The molecule has 1 N–H and O–H groups in total. The number of rotatable bonds is 3. The second-order valence-corrected chi connectivity index (χ2v) is 4.99. The van der Waals surface area contributed by atoms with Gasteiger partial charge in [-0.1, -0.05) is 12.1 Å². The van der Waals surface area contributed by atoms with Gasteiger partial charge in [-0.3, -0.25) is 4.90 Å². The van der Waals surface area contributed by atoms with E-state index in [0.29, 0.717) is 12.1 Å². The molecular formula is C14H16F3NO3. The van der Waals surface area contributed by atoms with Crippen LogP contribution >= 0.6 is 0 Å². The van der Waals surface area contributed by atoms with Crippen molar-refractivity contribution in [3.63, 3.8) is 0 Å². The van der Waals surface area contributed by atoms with Crippen LogP contribution in [0.15, 0.2) is 24.3 Å². The van der Waals surface area contributed by atoms with Gasteiger partial charge in [0.05, 0.1) is 12.2 Å². The third kappa shape index (κ3) is 3.74. The first kappa shape index (κ1) is 15.8. The molecule has 0 aliphatic carbocycles. The van der Waals surface area contributed by atoms with Gasteiger partial charge in [0, 0.05) is 19.1 Å². The number of carbonyl (C=O) groups is 1. The minimum absolute atomic E-state index is 0.159. The van der Waals surface area contributed by atoms with Crippen LogP contribution in [0.25, 0.3) is 0 Å². The lowest BCUT2D eigenvalue weighted by Crippen LogP contribution is -2.46. The number of hydrogen-bond donors (Lipinski definition) is 1. The van der Waals surface area contributed by atoms with Gasteiger partial charge >= 0.3 is 12.1 Å². The first-order valence-corrected chi connectivity index (χ1v) is 6.54. The lowest BCUT2D eigenvalue weighted by Gasteiger charge is -2.35. The lowest BCUT2D eigenvalue weighted by molar-refractivity contribution is -0.157. The molecular weight excluding hydrogens is 287 g/mol. The Hall–Kier alpha value is -1.60. The second-order valence-electron chi connectivity index (χ2n) is 4.99. The van der Waals surface area contributed by atoms with Crippen LogP contribution in [0.5, 0.6) is 0 Å². The van der Waals surface area contributed by atoms with Crippen LogP contribution in [0, 0.1) is 0 Å². The third-order valence-corrected chi connectivity index (χ3v) is 3.62. The van der Waals surface area contributed by atoms with Crippen molar-refractivity contribution >= 4 is 5.97 Å². The summed E-state index contributed by atoms with van der Waals surface area (Å²) >= 11 is 0. The van der Waals surface area contributed by atoms with Gasteiger partial charge in [0.2, 0.25) is 0 Å². The maximum atomic E-state index is 12.7. The van der Waals surface area contributed by atoms with E-state index < -0.39 is 23.8 Å². The average Bonchev–Trinajstić information content (AvgIpc) is 2.46. The molecule has 0 saturated carbocycles. The molecule has 1 aliphatic rings. The maximum absolute atomic E-state index is 12.7. The van der Waals surface area contributed by atoms with Crippen LogP contribution in [0.4, 0.5) is 13.2 Å². The summed E-state index contributed by atoms with van der Waals surface area (Å²) in [5.74, 6) is -1.06. The summed E-state index contributed by atoms with van der Waals surface area (Å²) in [4.78, 5) is 12.8. The number of hydrogen-bond acceptors (Lipinski definition) is 3. The van der Waals surface area contributed by atoms with Crippen molar-refractivity contribution in [3.8, 4) is 0 Å². The molecule has 1 fully saturated rings. The minimum Gasteiger partial charge on any atom is -0.479 e. The summed E-state index contributed by atoms with van der Waals surface area (Å²) in [6, 6.07) is 4.80. The summed E-state index contributed by atoms with van der Waals surface area (Å²) in [5.41, 5.74) is -0.189. The van der Waals surface area contributed by atoms with E-state index in [-0.39, 0.29) is 19.2 Å². The zero-order chi connectivity index (χ0) is 15.6. The van der Waals surface area contributed by atoms with Crippen LogP contribution in [0.2, 0.25) is 0 Å². The fourth-order valence-electron chi connectivity index (χ4n) is 2.36. The van der Waals surface area contributed by atoms with E-state index in [1.54, 1.807) is 13.0 Å². The van der Waals surface area contributed by atoms with E-state index in [0.717, 1.165) is 12.1 Å². The predicted octanol–water partition coefficient (Wildman–Crippen LogP) is 2.55. The van der Waals surface area contributed by atoms with Gasteiger partial charge in [0.25, 0.3) is 0 Å². The van der Waals surface area contributed by atoms with Crippen molar-refractivity contribution < 1.29 is 27.8 Å². The summed E-state index contributed by atoms with van der Waals surface area (Å²) in [6.45, 7) is 2.66. The first-order chi connectivity index (χ1) is 9.79. The van der Waals surface area contributed by atoms with Gasteiger partial charge in [0.15, 0.2) is 6.10 Å². The highest BCUT2D eigenvalue weighted by Gasteiger charge is 2.32. The summed E-state index contributed by atoms with van der Waals surface area (Å²) in [7, 11) is 0. The molecule has 1 heterocycles. The van der Waals surface area contributed by atoms with E-state index >= 15 is 0 Å². The number of morpholine rings is 1. The smallest absolute Gasteiger partial charge is 0.416 e. The monoisotopic (exact) mass is 303 g/mol. The van der Waals surface area contributed by atoms with Crippen molar-refractivity contribution in [3.05, 3.63) is 35.4 Å². The summed E-state index contributed by atoms with van der Waals surface area (Å²) in [6.07, 6.45) is -5.32. The van der Waals surface area contributed by atoms with Gasteiger partial charge in [-0.15, -0.1) is 0 Å². The fourth-order valence-corrected chi connectivity index (χ4v) is 2.36. The van der Waals surface area contributed by atoms with Crippen molar-refractivity contribution in [1.29, 1.82) is 0 Å². The minimum atomic E-state index is -4.38. The van der Waals surface area contributed by atoms with Crippen LogP contribution in [-0.4, -0.2) is 41.8 Å². The molecule has 2 unspecified atom stereocenters. The molecule has 1 saturated heterocycles. The van der Waals surface area contributed by atoms with Gasteiger partial charge < -0.3 is 9.84 Å². The highest BCUT2D eigenvalue weighted by Crippen LogP contribution is 2.32. The molecule has 1 aromatic rings. The Balaban J connectivity index is 2.16. The van der Waals surface area contributed by atoms with E-state index in [9.17, 15) is 18.0 Å². The Morgan fingerprint density at radius 1 is 1.48 bits per heavy atom. The number of benzene rings is 1. The Morgan fingerprint density at radius 2 is 2.19 bits per heavy atom. The lowest BCUT2D eigenvalue weighted by atomic mass is 10.0. The highest BCUT2D eigenvalue weighted by molar-refractivity contribution is 5.72. The van der Waals surface area contributed by atoms with Crippen molar-refractivity contribution in [2.45, 2.75) is 25.2 Å². The molecule has 2 atom stereocenters. The van der Waals surface area contributed by atoms with Gasteiger partial charge in [0.1, 0.15) is 0 Å². The molecule has 0 bridgehead atoms. The molecule has 21 heavy (non-hydrogen) atoms. The van der Waals surface area contributed by atoms with Crippen LogP contribution in [0.3, 0.4) is 0 Å². The molecule has 0 spiro atoms. The van der Waals surface area contributed by atoms with Crippen molar-refractivity contribution in [2.24, 2.45) is 0 Å². The molecule has 1 aromatic carbocycles. The van der Waals surface area contributed by atoms with Crippen molar-refractivity contribution in [2.75, 3.05) is 19.7 Å². The average molecular weight is 303 g/mol. The van der Waals surface area contributed by atoms with Crippen molar-refractivity contribution in [1.82, 2.24) is 4.90 Å². The standard InChI is InChI=1S/C14H16F3NO3/c1-9(18-5-6-21-12(8-18)13(19)20)10-3-2-4-11(7-10)14(15,16)17/h2-4,7,9,12H,5-6,8H2,1H3,(H,19,20). The number of nitrogens with zero attached hydrogens (tertiary/aromatic N) is 1. The normalized spacial score (nSPS) is 22.0. The van der Waals surface area contributed by atoms with Crippen LogP contribution in [0.1, 0.15) is 24.1 Å². The molecule has 1 aliphatic heterocycles. The van der Waals surface area contributed by atoms with Gasteiger partial charge in [-0.2, -0.15) is 13.2 Å².